The van der Waals surface area contributed by atoms with E-state index in [0.29, 0.717) is 36.5 Å². The van der Waals surface area contributed by atoms with Gasteiger partial charge in [0.05, 0.1) is 18.2 Å². The number of alkyl carbamates (subject to hydrolysis) is 1. The summed E-state index contributed by atoms with van der Waals surface area (Å²) in [6.07, 6.45) is 2.33. The third kappa shape index (κ3) is 11.5. The summed E-state index contributed by atoms with van der Waals surface area (Å²) in [4.78, 5) is 34.5. The number of methoxy groups -OCH3 is 1. The first-order valence-corrected chi connectivity index (χ1v) is 10.6. The van der Waals surface area contributed by atoms with E-state index in [1.54, 1.807) is 26.8 Å². The number of hydrogen-bond acceptors (Lipinski definition) is 6. The second-order valence-corrected chi connectivity index (χ2v) is 8.55. The lowest BCUT2D eigenvalue weighted by molar-refractivity contribution is -0.140. The number of rotatable bonds is 12. The minimum absolute atomic E-state index is 0.0950. The maximum absolute atomic E-state index is 12.1. The Hall–Kier alpha value is -2.48. The van der Waals surface area contributed by atoms with Crippen LogP contribution in [0.25, 0.3) is 0 Å². The van der Waals surface area contributed by atoms with Crippen molar-refractivity contribution >= 4 is 29.6 Å². The highest BCUT2D eigenvalue weighted by molar-refractivity contribution is 6.32. The quantitative estimate of drug-likeness (QED) is 0.365. The molecule has 9 heteroatoms. The van der Waals surface area contributed by atoms with Crippen molar-refractivity contribution in [3.8, 4) is 5.75 Å². The first kappa shape index (κ1) is 26.6. The lowest BCUT2D eigenvalue weighted by atomic mass is 10.1. The van der Waals surface area contributed by atoms with E-state index in [-0.39, 0.29) is 19.0 Å². The first-order chi connectivity index (χ1) is 14.5. The number of benzene rings is 1. The van der Waals surface area contributed by atoms with E-state index in [4.69, 9.17) is 26.8 Å². The van der Waals surface area contributed by atoms with Gasteiger partial charge in [-0.3, -0.25) is 9.59 Å². The first-order valence-electron chi connectivity index (χ1n) is 10.3. The molecule has 0 heterocycles. The predicted molar refractivity (Wildman–Crippen MR) is 118 cm³/mol. The zero-order chi connectivity index (χ0) is 23.4. The molecule has 2 amide bonds. The standard InChI is InChI=1S/C22H33ClN2O6/c1-22(2,3)31-21(28)25-16(12-13-18(24)26)14-30-17-10-7-9-15(20(17)23)8-5-6-11-19(27)29-4/h7,9-10,16H,5-6,8,11-14H2,1-4H3,(H2,24,26)(H,25,28). The summed E-state index contributed by atoms with van der Waals surface area (Å²) in [7, 11) is 1.37. The Labute approximate surface area is 188 Å². The van der Waals surface area contributed by atoms with Crippen LogP contribution in [0.3, 0.4) is 0 Å². The Kier molecular flexibility index (Phi) is 11.2. The summed E-state index contributed by atoms with van der Waals surface area (Å²) in [5.74, 6) is -0.229. The minimum atomic E-state index is -0.648. The number of nitrogens with one attached hydrogen (secondary N) is 1. The Balaban J connectivity index is 2.70. The summed E-state index contributed by atoms with van der Waals surface area (Å²) in [5, 5.41) is 3.19. The second kappa shape index (κ2) is 13.0. The third-order valence-corrected chi connectivity index (χ3v) is 4.68. The molecular formula is C22H33ClN2O6. The summed E-state index contributed by atoms with van der Waals surface area (Å²) in [5.41, 5.74) is 5.49. The van der Waals surface area contributed by atoms with Crippen LogP contribution in [0.4, 0.5) is 4.79 Å². The van der Waals surface area contributed by atoms with E-state index in [1.807, 2.05) is 12.1 Å². The smallest absolute Gasteiger partial charge is 0.407 e. The SMILES string of the molecule is COC(=O)CCCCc1cccc(OCC(CCC(N)=O)NC(=O)OC(C)(C)C)c1Cl. The Morgan fingerprint density at radius 3 is 2.48 bits per heavy atom. The number of aryl methyl sites for hydroxylation is 1. The number of primary amides is 1. The molecule has 1 rings (SSSR count). The molecule has 0 fully saturated rings. The van der Waals surface area contributed by atoms with E-state index < -0.39 is 23.6 Å². The van der Waals surface area contributed by atoms with E-state index in [2.05, 4.69) is 10.1 Å². The summed E-state index contributed by atoms with van der Waals surface area (Å²) >= 11 is 6.48. The van der Waals surface area contributed by atoms with Crippen molar-refractivity contribution in [1.29, 1.82) is 0 Å². The molecule has 0 bridgehead atoms. The third-order valence-electron chi connectivity index (χ3n) is 4.25. The van der Waals surface area contributed by atoms with Crippen LogP contribution >= 0.6 is 11.6 Å². The predicted octanol–water partition coefficient (Wildman–Crippen LogP) is 3.76. The van der Waals surface area contributed by atoms with Gasteiger partial charge in [-0.1, -0.05) is 23.7 Å². The van der Waals surface area contributed by atoms with Crippen molar-refractivity contribution in [2.24, 2.45) is 5.73 Å². The molecular weight excluding hydrogens is 424 g/mol. The van der Waals surface area contributed by atoms with Gasteiger partial charge < -0.3 is 25.3 Å². The van der Waals surface area contributed by atoms with Gasteiger partial charge in [-0.25, -0.2) is 4.79 Å². The van der Waals surface area contributed by atoms with Crippen LogP contribution in [0.5, 0.6) is 5.75 Å². The molecule has 1 aromatic carbocycles. The molecule has 8 nitrogen and oxygen atoms in total. The highest BCUT2D eigenvalue weighted by atomic mass is 35.5. The van der Waals surface area contributed by atoms with Gasteiger partial charge in [0.2, 0.25) is 5.91 Å². The van der Waals surface area contributed by atoms with Crippen LogP contribution in [-0.2, 0) is 25.5 Å². The molecule has 0 aromatic heterocycles. The number of ether oxygens (including phenoxy) is 3. The number of carbonyl (C=O) groups excluding carboxylic acids is 3. The topological polar surface area (TPSA) is 117 Å². The Morgan fingerprint density at radius 1 is 1.16 bits per heavy atom. The fourth-order valence-corrected chi connectivity index (χ4v) is 3.00. The molecule has 0 spiro atoms. The average Bonchev–Trinajstić information content (AvgIpc) is 2.67. The van der Waals surface area contributed by atoms with Gasteiger partial charge in [-0.2, -0.15) is 0 Å². The van der Waals surface area contributed by atoms with Crippen LogP contribution in [0.1, 0.15) is 58.4 Å². The molecule has 0 saturated heterocycles. The molecule has 1 unspecified atom stereocenters. The van der Waals surface area contributed by atoms with Gasteiger partial charge in [0.25, 0.3) is 0 Å². The van der Waals surface area contributed by atoms with Crippen molar-refractivity contribution in [2.75, 3.05) is 13.7 Å². The van der Waals surface area contributed by atoms with Gasteiger partial charge >= 0.3 is 12.1 Å². The van der Waals surface area contributed by atoms with Gasteiger partial charge in [-0.05, 0) is 58.1 Å². The van der Waals surface area contributed by atoms with Crippen LogP contribution in [0, 0.1) is 0 Å². The number of carbonyl (C=O) groups is 3. The number of hydrogen-bond donors (Lipinski definition) is 2. The molecule has 0 saturated carbocycles. The van der Waals surface area contributed by atoms with Gasteiger partial charge in [-0.15, -0.1) is 0 Å². The van der Waals surface area contributed by atoms with Crippen LogP contribution in [-0.4, -0.2) is 43.3 Å². The van der Waals surface area contributed by atoms with Crippen molar-refractivity contribution in [3.63, 3.8) is 0 Å². The van der Waals surface area contributed by atoms with Crippen LogP contribution < -0.4 is 15.8 Å². The van der Waals surface area contributed by atoms with Crippen molar-refractivity contribution in [2.45, 2.75) is 70.9 Å². The fraction of sp³-hybridized carbons (Fsp3) is 0.591. The number of nitrogens with two attached hydrogens (primary N) is 1. The van der Waals surface area contributed by atoms with Gasteiger partial charge in [0.1, 0.15) is 18.0 Å². The molecule has 1 atom stereocenters. The van der Waals surface area contributed by atoms with Gasteiger partial charge in [0.15, 0.2) is 0 Å². The fourth-order valence-electron chi connectivity index (χ4n) is 2.73. The zero-order valence-electron chi connectivity index (χ0n) is 18.7. The Morgan fingerprint density at radius 2 is 1.87 bits per heavy atom. The highest BCUT2D eigenvalue weighted by Crippen LogP contribution is 2.29. The van der Waals surface area contributed by atoms with Crippen LogP contribution in [0.15, 0.2) is 18.2 Å². The molecule has 0 aliphatic rings. The second-order valence-electron chi connectivity index (χ2n) is 8.17. The molecule has 0 radical (unpaired) electrons. The van der Waals surface area contributed by atoms with E-state index in [1.165, 1.54) is 7.11 Å². The van der Waals surface area contributed by atoms with Crippen molar-refractivity contribution in [3.05, 3.63) is 28.8 Å². The van der Waals surface area contributed by atoms with Gasteiger partial charge in [0, 0.05) is 12.8 Å². The maximum atomic E-state index is 12.1. The molecule has 1 aromatic rings. The molecule has 174 valence electrons. The normalized spacial score (nSPS) is 12.0. The lowest BCUT2D eigenvalue weighted by Crippen LogP contribution is -2.42. The van der Waals surface area contributed by atoms with Crippen molar-refractivity contribution < 1.29 is 28.6 Å². The molecule has 0 aliphatic heterocycles. The van der Waals surface area contributed by atoms with Crippen molar-refractivity contribution in [1.82, 2.24) is 5.32 Å². The highest BCUT2D eigenvalue weighted by Gasteiger charge is 2.21. The van der Waals surface area contributed by atoms with E-state index in [0.717, 1.165) is 12.0 Å². The summed E-state index contributed by atoms with van der Waals surface area (Å²) < 4.78 is 15.7. The average molecular weight is 457 g/mol. The molecule has 31 heavy (non-hydrogen) atoms. The van der Waals surface area contributed by atoms with E-state index in [9.17, 15) is 14.4 Å². The number of esters is 1. The number of halogens is 1. The molecule has 3 N–H and O–H groups in total. The number of unbranched alkanes of at least 4 members (excludes halogenated alkanes) is 1. The maximum Gasteiger partial charge on any atom is 0.407 e. The monoisotopic (exact) mass is 456 g/mol. The summed E-state index contributed by atoms with van der Waals surface area (Å²) in [6.45, 7) is 5.38. The van der Waals surface area contributed by atoms with E-state index >= 15 is 0 Å². The molecule has 0 aliphatic carbocycles. The zero-order valence-corrected chi connectivity index (χ0v) is 19.4. The Bertz CT molecular complexity index is 748. The lowest BCUT2D eigenvalue weighted by Gasteiger charge is -2.24. The minimum Gasteiger partial charge on any atom is -0.490 e. The largest absolute Gasteiger partial charge is 0.490 e. The summed E-state index contributed by atoms with van der Waals surface area (Å²) in [6, 6.07) is 4.98. The van der Waals surface area contributed by atoms with Crippen LogP contribution in [0.2, 0.25) is 5.02 Å². The number of amides is 2.